The SMILES string of the molecule is Cc1onc(-c2ccc(Br)cc2)c1C(C)(NC(=O)O)c1ccccc1F. The minimum absolute atomic E-state index is 0.187. The number of nitrogens with one attached hydrogen (secondary N) is 1. The van der Waals surface area contributed by atoms with Crippen molar-refractivity contribution in [2.24, 2.45) is 0 Å². The third kappa shape index (κ3) is 3.22. The molecule has 0 spiro atoms. The summed E-state index contributed by atoms with van der Waals surface area (Å²) in [5.41, 5.74) is 0.451. The molecule has 2 aromatic carbocycles. The van der Waals surface area contributed by atoms with Gasteiger partial charge in [-0.3, -0.25) is 0 Å². The van der Waals surface area contributed by atoms with Crippen molar-refractivity contribution in [3.05, 3.63) is 75.7 Å². The molecule has 0 aliphatic heterocycles. The van der Waals surface area contributed by atoms with Crippen LogP contribution >= 0.6 is 15.9 Å². The zero-order valence-corrected chi connectivity index (χ0v) is 15.7. The zero-order chi connectivity index (χ0) is 18.9. The van der Waals surface area contributed by atoms with E-state index in [4.69, 9.17) is 4.52 Å². The Balaban J connectivity index is 2.26. The number of amides is 1. The lowest BCUT2D eigenvalue weighted by molar-refractivity contribution is 0.184. The van der Waals surface area contributed by atoms with Crippen LogP contribution in [0.15, 0.2) is 57.5 Å². The average Bonchev–Trinajstić information content (AvgIpc) is 2.97. The first-order chi connectivity index (χ1) is 12.3. The van der Waals surface area contributed by atoms with Gasteiger partial charge < -0.3 is 14.9 Å². The summed E-state index contributed by atoms with van der Waals surface area (Å²) in [5, 5.41) is 15.9. The lowest BCUT2D eigenvalue weighted by Crippen LogP contribution is -2.45. The first-order valence-corrected chi connectivity index (χ1v) is 8.61. The number of benzene rings is 2. The highest BCUT2D eigenvalue weighted by molar-refractivity contribution is 9.10. The number of halogens is 2. The molecule has 7 heteroatoms. The molecule has 0 radical (unpaired) electrons. The molecular weight excluding hydrogens is 403 g/mol. The topological polar surface area (TPSA) is 75.4 Å². The van der Waals surface area contributed by atoms with Crippen LogP contribution in [0.3, 0.4) is 0 Å². The highest BCUT2D eigenvalue weighted by atomic mass is 79.9. The maximum atomic E-state index is 14.6. The molecule has 0 fully saturated rings. The van der Waals surface area contributed by atoms with Gasteiger partial charge in [0, 0.05) is 15.6 Å². The van der Waals surface area contributed by atoms with E-state index in [1.54, 1.807) is 32.0 Å². The monoisotopic (exact) mass is 418 g/mol. The Kier molecular flexibility index (Phi) is 4.82. The van der Waals surface area contributed by atoms with Crippen molar-refractivity contribution < 1.29 is 18.8 Å². The molecule has 5 nitrogen and oxygen atoms in total. The van der Waals surface area contributed by atoms with Crippen LogP contribution in [0.1, 0.15) is 23.8 Å². The van der Waals surface area contributed by atoms with Gasteiger partial charge in [0.1, 0.15) is 17.3 Å². The van der Waals surface area contributed by atoms with Gasteiger partial charge in [0.05, 0.1) is 11.1 Å². The van der Waals surface area contributed by atoms with Crippen LogP contribution in [-0.4, -0.2) is 16.4 Å². The second-order valence-electron chi connectivity index (χ2n) is 6.00. The maximum Gasteiger partial charge on any atom is 0.405 e. The highest BCUT2D eigenvalue weighted by Crippen LogP contribution is 2.39. The molecule has 3 rings (SSSR count). The van der Waals surface area contributed by atoms with Gasteiger partial charge in [-0.25, -0.2) is 9.18 Å². The molecule has 3 aromatic rings. The summed E-state index contributed by atoms with van der Waals surface area (Å²) in [7, 11) is 0. The molecule has 0 aliphatic rings. The first kappa shape index (κ1) is 18.1. The molecule has 2 N–H and O–H groups in total. The lowest BCUT2D eigenvalue weighted by atomic mass is 9.82. The van der Waals surface area contributed by atoms with Crippen LogP contribution in [0, 0.1) is 12.7 Å². The molecular formula is C19H16BrFN2O3. The van der Waals surface area contributed by atoms with Gasteiger partial charge in [0.2, 0.25) is 0 Å². The Morgan fingerprint density at radius 2 is 1.88 bits per heavy atom. The van der Waals surface area contributed by atoms with Gasteiger partial charge in [-0.15, -0.1) is 0 Å². The van der Waals surface area contributed by atoms with E-state index in [2.05, 4.69) is 26.4 Å². The van der Waals surface area contributed by atoms with Crippen molar-refractivity contribution in [3.63, 3.8) is 0 Å². The summed E-state index contributed by atoms with van der Waals surface area (Å²) in [6, 6.07) is 13.4. The highest BCUT2D eigenvalue weighted by Gasteiger charge is 2.39. The summed E-state index contributed by atoms with van der Waals surface area (Å²) >= 11 is 3.38. The Hall–Kier alpha value is -2.67. The minimum atomic E-state index is -1.39. The number of nitrogens with zero attached hydrogens (tertiary/aromatic N) is 1. The molecule has 1 amide bonds. The largest absolute Gasteiger partial charge is 0.465 e. The van der Waals surface area contributed by atoms with Gasteiger partial charge >= 0.3 is 6.09 Å². The van der Waals surface area contributed by atoms with E-state index in [9.17, 15) is 14.3 Å². The number of hydrogen-bond acceptors (Lipinski definition) is 3. The van der Waals surface area contributed by atoms with E-state index in [1.807, 2.05) is 24.3 Å². The van der Waals surface area contributed by atoms with Gasteiger partial charge in [0.25, 0.3) is 0 Å². The Labute approximate surface area is 158 Å². The molecule has 26 heavy (non-hydrogen) atoms. The minimum Gasteiger partial charge on any atom is -0.465 e. The van der Waals surface area contributed by atoms with Crippen molar-refractivity contribution in [1.82, 2.24) is 10.5 Å². The van der Waals surface area contributed by atoms with E-state index in [-0.39, 0.29) is 5.56 Å². The number of carbonyl (C=O) groups is 1. The van der Waals surface area contributed by atoms with Gasteiger partial charge in [-0.2, -0.15) is 0 Å². The quantitative estimate of drug-likeness (QED) is 0.618. The Bertz CT molecular complexity index is 956. The zero-order valence-electron chi connectivity index (χ0n) is 14.1. The third-order valence-electron chi connectivity index (χ3n) is 4.25. The summed E-state index contributed by atoms with van der Waals surface area (Å²) in [6.07, 6.45) is -1.28. The molecule has 0 bridgehead atoms. The Morgan fingerprint density at radius 1 is 1.23 bits per heavy atom. The van der Waals surface area contributed by atoms with Crippen molar-refractivity contribution >= 4 is 22.0 Å². The fourth-order valence-electron chi connectivity index (χ4n) is 3.11. The first-order valence-electron chi connectivity index (χ1n) is 7.81. The van der Waals surface area contributed by atoms with E-state index in [0.29, 0.717) is 17.0 Å². The van der Waals surface area contributed by atoms with Gasteiger partial charge in [0.15, 0.2) is 0 Å². The van der Waals surface area contributed by atoms with Gasteiger partial charge in [-0.05, 0) is 32.0 Å². The van der Waals surface area contributed by atoms with Crippen molar-refractivity contribution in [2.75, 3.05) is 0 Å². The summed E-state index contributed by atoms with van der Waals surface area (Å²) in [5.74, 6) is -0.117. The summed E-state index contributed by atoms with van der Waals surface area (Å²) < 4.78 is 20.8. The number of hydrogen-bond donors (Lipinski definition) is 2. The predicted octanol–water partition coefficient (Wildman–Crippen LogP) is 5.08. The number of carboxylic acid groups (broad SMARTS) is 1. The van der Waals surface area contributed by atoms with Crippen molar-refractivity contribution in [3.8, 4) is 11.3 Å². The lowest BCUT2D eigenvalue weighted by Gasteiger charge is -2.31. The predicted molar refractivity (Wildman–Crippen MR) is 98.4 cm³/mol. The van der Waals surface area contributed by atoms with E-state index in [1.165, 1.54) is 6.07 Å². The molecule has 134 valence electrons. The molecule has 0 saturated carbocycles. The number of rotatable bonds is 4. The van der Waals surface area contributed by atoms with Crippen LogP contribution in [0.4, 0.5) is 9.18 Å². The summed E-state index contributed by atoms with van der Waals surface area (Å²) in [4.78, 5) is 11.5. The normalized spacial score (nSPS) is 13.2. The second kappa shape index (κ2) is 6.92. The van der Waals surface area contributed by atoms with Crippen LogP contribution in [0.2, 0.25) is 0 Å². The second-order valence-corrected chi connectivity index (χ2v) is 6.92. The van der Waals surface area contributed by atoms with Crippen LogP contribution in [-0.2, 0) is 5.54 Å². The third-order valence-corrected chi connectivity index (χ3v) is 4.78. The van der Waals surface area contributed by atoms with Gasteiger partial charge in [-0.1, -0.05) is 51.4 Å². The molecule has 1 heterocycles. The average molecular weight is 419 g/mol. The van der Waals surface area contributed by atoms with Crippen LogP contribution in [0.5, 0.6) is 0 Å². The van der Waals surface area contributed by atoms with E-state index >= 15 is 0 Å². The maximum absolute atomic E-state index is 14.6. The molecule has 0 aliphatic carbocycles. The Morgan fingerprint density at radius 3 is 2.50 bits per heavy atom. The summed E-state index contributed by atoms with van der Waals surface area (Å²) in [6.45, 7) is 3.27. The fourth-order valence-corrected chi connectivity index (χ4v) is 3.38. The van der Waals surface area contributed by atoms with Crippen molar-refractivity contribution in [1.29, 1.82) is 0 Å². The standard InChI is InChI=1S/C19H16BrFN2O3/c1-11-16(17(23-26-11)12-7-9-13(20)10-8-12)19(2,22-18(24)25)14-5-3-4-6-15(14)21/h3-10,22H,1-2H3,(H,24,25). The fraction of sp³-hybridized carbons (Fsp3) is 0.158. The van der Waals surface area contributed by atoms with E-state index < -0.39 is 17.4 Å². The van der Waals surface area contributed by atoms with E-state index in [0.717, 1.165) is 10.0 Å². The smallest absolute Gasteiger partial charge is 0.405 e. The number of aryl methyl sites for hydroxylation is 1. The molecule has 1 aromatic heterocycles. The van der Waals surface area contributed by atoms with Crippen LogP contribution in [0.25, 0.3) is 11.3 Å². The van der Waals surface area contributed by atoms with Crippen molar-refractivity contribution in [2.45, 2.75) is 19.4 Å². The molecule has 1 atom stereocenters. The molecule has 1 unspecified atom stereocenters. The molecule has 0 saturated heterocycles. The van der Waals surface area contributed by atoms with Crippen LogP contribution < -0.4 is 5.32 Å². The number of aromatic nitrogens is 1.